The van der Waals surface area contributed by atoms with E-state index in [0.717, 1.165) is 31.4 Å². The van der Waals surface area contributed by atoms with Gasteiger partial charge >= 0.3 is 0 Å². The van der Waals surface area contributed by atoms with Gasteiger partial charge in [0.2, 0.25) is 5.91 Å². The van der Waals surface area contributed by atoms with Crippen molar-refractivity contribution in [3.63, 3.8) is 0 Å². The van der Waals surface area contributed by atoms with Crippen LogP contribution in [0.25, 0.3) is 6.08 Å². The topological polar surface area (TPSA) is 20.3 Å². The van der Waals surface area contributed by atoms with Crippen LogP contribution in [0.3, 0.4) is 0 Å². The van der Waals surface area contributed by atoms with Crippen molar-refractivity contribution in [2.75, 3.05) is 6.54 Å². The Bertz CT molecular complexity index is 447. The molecular formula is C17H23NO. The minimum Gasteiger partial charge on any atom is -0.336 e. The quantitative estimate of drug-likeness (QED) is 0.754. The van der Waals surface area contributed by atoms with Gasteiger partial charge < -0.3 is 4.90 Å². The highest BCUT2D eigenvalue weighted by Gasteiger charge is 2.23. The molecule has 19 heavy (non-hydrogen) atoms. The molecule has 0 radical (unpaired) electrons. The summed E-state index contributed by atoms with van der Waals surface area (Å²) in [4.78, 5) is 14.3. The molecule has 0 aliphatic carbocycles. The second-order valence-corrected chi connectivity index (χ2v) is 5.33. The van der Waals surface area contributed by atoms with Gasteiger partial charge in [-0.05, 0) is 44.2 Å². The number of piperidine rings is 1. The molecule has 2 rings (SSSR count). The third-order valence-electron chi connectivity index (χ3n) is 3.88. The van der Waals surface area contributed by atoms with Crippen LogP contribution in [0.4, 0.5) is 0 Å². The number of carbonyl (C=O) groups excluding carboxylic acids is 1. The Morgan fingerprint density at radius 3 is 2.74 bits per heavy atom. The van der Waals surface area contributed by atoms with Gasteiger partial charge in [-0.2, -0.15) is 0 Å². The van der Waals surface area contributed by atoms with Gasteiger partial charge in [-0.15, -0.1) is 0 Å². The van der Waals surface area contributed by atoms with Crippen LogP contribution in [0.5, 0.6) is 0 Å². The van der Waals surface area contributed by atoms with Crippen LogP contribution in [-0.2, 0) is 4.79 Å². The maximum absolute atomic E-state index is 12.2. The number of amides is 1. The summed E-state index contributed by atoms with van der Waals surface area (Å²) in [5, 5.41) is 0. The Morgan fingerprint density at radius 2 is 2.05 bits per heavy atom. The largest absolute Gasteiger partial charge is 0.336 e. The molecule has 0 spiro atoms. The van der Waals surface area contributed by atoms with E-state index in [1.807, 2.05) is 23.1 Å². The Labute approximate surface area is 116 Å². The van der Waals surface area contributed by atoms with Gasteiger partial charge in [0.25, 0.3) is 0 Å². The van der Waals surface area contributed by atoms with Crippen molar-refractivity contribution in [2.24, 2.45) is 0 Å². The van der Waals surface area contributed by atoms with Crippen LogP contribution in [-0.4, -0.2) is 23.4 Å². The van der Waals surface area contributed by atoms with E-state index in [1.54, 1.807) is 6.08 Å². The number of rotatable bonds is 3. The van der Waals surface area contributed by atoms with E-state index in [-0.39, 0.29) is 5.91 Å². The van der Waals surface area contributed by atoms with Crippen molar-refractivity contribution < 1.29 is 4.79 Å². The van der Waals surface area contributed by atoms with Gasteiger partial charge in [0.15, 0.2) is 0 Å². The van der Waals surface area contributed by atoms with Crippen LogP contribution in [0, 0.1) is 6.92 Å². The lowest BCUT2D eigenvalue weighted by Gasteiger charge is -2.34. The average Bonchev–Trinajstić information content (AvgIpc) is 2.46. The predicted octanol–water partition coefficient (Wildman–Crippen LogP) is 3.80. The maximum atomic E-state index is 12.2. The van der Waals surface area contributed by atoms with E-state index in [9.17, 15) is 4.79 Å². The predicted molar refractivity (Wildman–Crippen MR) is 79.9 cm³/mol. The zero-order valence-electron chi connectivity index (χ0n) is 11.9. The van der Waals surface area contributed by atoms with Crippen LogP contribution in [0.1, 0.15) is 43.7 Å². The SMILES string of the molecule is CC[C@H]1CCCCN1C(=O)/C=C/c1ccc(C)cc1. The zero-order valence-corrected chi connectivity index (χ0v) is 11.9. The summed E-state index contributed by atoms with van der Waals surface area (Å²) in [6.45, 7) is 5.15. The van der Waals surface area contributed by atoms with Gasteiger partial charge in [0.1, 0.15) is 0 Å². The number of hydrogen-bond donors (Lipinski definition) is 0. The fourth-order valence-electron chi connectivity index (χ4n) is 2.66. The Kier molecular flexibility index (Phi) is 4.78. The van der Waals surface area contributed by atoms with Crippen molar-refractivity contribution in [1.29, 1.82) is 0 Å². The third-order valence-corrected chi connectivity index (χ3v) is 3.88. The smallest absolute Gasteiger partial charge is 0.246 e. The van der Waals surface area contributed by atoms with Crippen LogP contribution in [0.15, 0.2) is 30.3 Å². The molecule has 1 aromatic carbocycles. The van der Waals surface area contributed by atoms with Crippen molar-refractivity contribution in [3.05, 3.63) is 41.5 Å². The molecule has 1 heterocycles. The highest BCUT2D eigenvalue weighted by atomic mass is 16.2. The number of likely N-dealkylation sites (tertiary alicyclic amines) is 1. The molecule has 1 saturated heterocycles. The van der Waals surface area contributed by atoms with Gasteiger partial charge in [-0.25, -0.2) is 0 Å². The molecule has 0 N–H and O–H groups in total. The average molecular weight is 257 g/mol. The van der Waals surface area contributed by atoms with Gasteiger partial charge in [0, 0.05) is 18.7 Å². The first kappa shape index (κ1) is 13.9. The van der Waals surface area contributed by atoms with Crippen LogP contribution < -0.4 is 0 Å². The van der Waals surface area contributed by atoms with Gasteiger partial charge in [-0.1, -0.05) is 36.8 Å². The molecule has 0 bridgehead atoms. The van der Waals surface area contributed by atoms with E-state index >= 15 is 0 Å². The second kappa shape index (κ2) is 6.55. The summed E-state index contributed by atoms with van der Waals surface area (Å²) in [6.07, 6.45) is 8.25. The lowest BCUT2D eigenvalue weighted by atomic mass is 10.00. The second-order valence-electron chi connectivity index (χ2n) is 5.33. The lowest BCUT2D eigenvalue weighted by molar-refractivity contribution is -0.129. The first-order chi connectivity index (χ1) is 9.20. The maximum Gasteiger partial charge on any atom is 0.246 e. The van der Waals surface area contributed by atoms with E-state index < -0.39 is 0 Å². The molecule has 0 aromatic heterocycles. The molecule has 1 aliphatic heterocycles. The molecule has 2 heteroatoms. The monoisotopic (exact) mass is 257 g/mol. The highest BCUT2D eigenvalue weighted by Crippen LogP contribution is 2.20. The summed E-state index contributed by atoms with van der Waals surface area (Å²) in [7, 11) is 0. The first-order valence-corrected chi connectivity index (χ1v) is 7.26. The van der Waals surface area contributed by atoms with Crippen molar-refractivity contribution in [3.8, 4) is 0 Å². The molecule has 1 aliphatic rings. The fraction of sp³-hybridized carbons (Fsp3) is 0.471. The number of carbonyl (C=O) groups is 1. The molecule has 1 amide bonds. The molecule has 0 saturated carbocycles. The third kappa shape index (κ3) is 3.69. The highest BCUT2D eigenvalue weighted by molar-refractivity contribution is 5.92. The number of nitrogens with zero attached hydrogens (tertiary/aromatic N) is 1. The summed E-state index contributed by atoms with van der Waals surface area (Å²) in [5.41, 5.74) is 2.33. The van der Waals surface area contributed by atoms with Gasteiger partial charge in [0.05, 0.1) is 0 Å². The first-order valence-electron chi connectivity index (χ1n) is 7.26. The summed E-state index contributed by atoms with van der Waals surface area (Å²) >= 11 is 0. The standard InChI is InChI=1S/C17H23NO/c1-3-16-6-4-5-13-18(16)17(19)12-11-15-9-7-14(2)8-10-15/h7-12,16H,3-6,13H2,1-2H3/b12-11+/t16-/m0/s1. The minimum absolute atomic E-state index is 0.159. The van der Waals surface area contributed by atoms with Crippen molar-refractivity contribution in [1.82, 2.24) is 4.90 Å². The molecule has 1 fully saturated rings. The van der Waals surface area contributed by atoms with Crippen molar-refractivity contribution in [2.45, 2.75) is 45.6 Å². The summed E-state index contributed by atoms with van der Waals surface area (Å²) < 4.78 is 0. The number of hydrogen-bond acceptors (Lipinski definition) is 1. The lowest BCUT2D eigenvalue weighted by Crippen LogP contribution is -2.42. The van der Waals surface area contributed by atoms with E-state index in [2.05, 4.69) is 26.0 Å². The van der Waals surface area contributed by atoms with Gasteiger partial charge in [-0.3, -0.25) is 4.79 Å². The molecular weight excluding hydrogens is 234 g/mol. The molecule has 2 nitrogen and oxygen atoms in total. The minimum atomic E-state index is 0.159. The summed E-state index contributed by atoms with van der Waals surface area (Å²) in [6, 6.07) is 8.67. The molecule has 1 atom stereocenters. The number of aryl methyl sites for hydroxylation is 1. The summed E-state index contributed by atoms with van der Waals surface area (Å²) in [5.74, 6) is 0.159. The number of benzene rings is 1. The van der Waals surface area contributed by atoms with E-state index in [1.165, 1.54) is 12.0 Å². The van der Waals surface area contributed by atoms with E-state index in [4.69, 9.17) is 0 Å². The molecule has 1 aromatic rings. The molecule has 102 valence electrons. The normalized spacial score (nSPS) is 19.9. The Hall–Kier alpha value is -1.57. The van der Waals surface area contributed by atoms with E-state index in [0.29, 0.717) is 6.04 Å². The molecule has 0 unspecified atom stereocenters. The van der Waals surface area contributed by atoms with Crippen molar-refractivity contribution >= 4 is 12.0 Å². The van der Waals surface area contributed by atoms with Crippen LogP contribution in [0.2, 0.25) is 0 Å². The van der Waals surface area contributed by atoms with Crippen LogP contribution >= 0.6 is 0 Å². The zero-order chi connectivity index (χ0) is 13.7. The Balaban J connectivity index is 2.01. The Morgan fingerprint density at radius 1 is 1.32 bits per heavy atom. The fourth-order valence-corrected chi connectivity index (χ4v) is 2.66.